The molecule has 1 N–H and O–H groups in total. The second-order valence-electron chi connectivity index (χ2n) is 4.81. The van der Waals surface area contributed by atoms with Crippen LogP contribution in [0.4, 0.5) is 0 Å². The van der Waals surface area contributed by atoms with Gasteiger partial charge in [-0.3, -0.25) is 4.90 Å². The van der Waals surface area contributed by atoms with Crippen molar-refractivity contribution in [1.82, 2.24) is 10.2 Å². The van der Waals surface area contributed by atoms with Crippen LogP contribution in [0.1, 0.15) is 23.1 Å². The normalized spacial score (nSPS) is 11.4. The number of nitrogens with one attached hydrogen (secondary N) is 1. The fourth-order valence-electron chi connectivity index (χ4n) is 1.92. The predicted molar refractivity (Wildman–Crippen MR) is 85.3 cm³/mol. The Bertz CT molecular complexity index is 336. The summed E-state index contributed by atoms with van der Waals surface area (Å²) in [6.07, 6.45) is 1.18. The highest BCUT2D eigenvalue weighted by molar-refractivity contribution is 7.11. The number of nitrogens with zero attached hydrogens (tertiary/aromatic N) is 1. The van der Waals surface area contributed by atoms with Gasteiger partial charge in [-0.25, -0.2) is 0 Å². The third kappa shape index (κ3) is 7.36. The molecule has 1 heterocycles. The second kappa shape index (κ2) is 11.2. The summed E-state index contributed by atoms with van der Waals surface area (Å²) in [5.41, 5.74) is 0. The maximum atomic E-state index is 5.17. The summed E-state index contributed by atoms with van der Waals surface area (Å²) >= 11 is 1.89. The van der Waals surface area contributed by atoms with Gasteiger partial charge in [0, 0.05) is 50.2 Å². The van der Waals surface area contributed by atoms with Crippen LogP contribution in [0.2, 0.25) is 0 Å². The van der Waals surface area contributed by atoms with Crippen molar-refractivity contribution in [3.05, 3.63) is 21.9 Å². The largest absolute Gasteiger partial charge is 0.383 e. The molecule has 1 aromatic rings. The van der Waals surface area contributed by atoms with E-state index >= 15 is 0 Å². The van der Waals surface area contributed by atoms with Gasteiger partial charge in [-0.15, -0.1) is 11.3 Å². The van der Waals surface area contributed by atoms with Gasteiger partial charge >= 0.3 is 0 Å². The third-order valence-electron chi connectivity index (χ3n) is 3.05. The molecule has 0 unspecified atom stereocenters. The fourth-order valence-corrected chi connectivity index (χ4v) is 2.95. The van der Waals surface area contributed by atoms with Crippen molar-refractivity contribution >= 4 is 11.3 Å². The number of rotatable bonds is 12. The van der Waals surface area contributed by atoms with Gasteiger partial charge in [0.05, 0.1) is 13.2 Å². The van der Waals surface area contributed by atoms with Gasteiger partial charge in [-0.05, 0) is 25.1 Å². The Balaban J connectivity index is 2.41. The van der Waals surface area contributed by atoms with Crippen molar-refractivity contribution in [2.45, 2.75) is 26.4 Å². The molecule has 116 valence electrons. The summed E-state index contributed by atoms with van der Waals surface area (Å²) in [5.74, 6) is 0. The zero-order chi connectivity index (χ0) is 14.6. The van der Waals surface area contributed by atoms with E-state index in [1.54, 1.807) is 14.2 Å². The molecule has 20 heavy (non-hydrogen) atoms. The first-order valence-electron chi connectivity index (χ1n) is 7.28. The molecule has 0 atom stereocenters. The predicted octanol–water partition coefficient (Wildman–Crippen LogP) is 2.34. The molecule has 1 rings (SSSR count). The van der Waals surface area contributed by atoms with E-state index in [9.17, 15) is 0 Å². The molecule has 0 fully saturated rings. The SMILES string of the molecule is CCCNCc1ccc(CN(CCOC)CCOC)s1. The van der Waals surface area contributed by atoms with Gasteiger partial charge in [0.2, 0.25) is 0 Å². The van der Waals surface area contributed by atoms with Crippen molar-refractivity contribution in [2.24, 2.45) is 0 Å². The summed E-state index contributed by atoms with van der Waals surface area (Å²) in [7, 11) is 3.49. The van der Waals surface area contributed by atoms with Crippen LogP contribution in [0.25, 0.3) is 0 Å². The molecule has 0 saturated heterocycles. The highest BCUT2D eigenvalue weighted by Crippen LogP contribution is 2.18. The molecule has 0 bridgehead atoms. The number of hydrogen-bond acceptors (Lipinski definition) is 5. The first kappa shape index (κ1) is 17.6. The van der Waals surface area contributed by atoms with Gasteiger partial charge in [0.1, 0.15) is 0 Å². The lowest BCUT2D eigenvalue weighted by atomic mass is 10.3. The molecule has 0 aliphatic rings. The first-order valence-corrected chi connectivity index (χ1v) is 8.10. The van der Waals surface area contributed by atoms with E-state index in [2.05, 4.69) is 29.3 Å². The van der Waals surface area contributed by atoms with E-state index in [0.29, 0.717) is 0 Å². The molecule has 1 aromatic heterocycles. The van der Waals surface area contributed by atoms with Crippen LogP contribution in [0.5, 0.6) is 0 Å². The highest BCUT2D eigenvalue weighted by Gasteiger charge is 2.08. The van der Waals surface area contributed by atoms with Crippen molar-refractivity contribution in [3.8, 4) is 0 Å². The minimum Gasteiger partial charge on any atom is -0.383 e. The Hall–Kier alpha value is -0.460. The molecule has 0 radical (unpaired) electrons. The van der Waals surface area contributed by atoms with Crippen LogP contribution in [0, 0.1) is 0 Å². The summed E-state index contributed by atoms with van der Waals surface area (Å²) < 4.78 is 10.3. The summed E-state index contributed by atoms with van der Waals surface area (Å²) in [4.78, 5) is 5.19. The minimum atomic E-state index is 0.764. The molecule has 0 aliphatic heterocycles. The molecule has 4 nitrogen and oxygen atoms in total. The molecule has 0 spiro atoms. The van der Waals surface area contributed by atoms with E-state index in [4.69, 9.17) is 9.47 Å². The van der Waals surface area contributed by atoms with E-state index in [1.165, 1.54) is 16.2 Å². The lowest BCUT2D eigenvalue weighted by Crippen LogP contribution is -2.29. The van der Waals surface area contributed by atoms with E-state index < -0.39 is 0 Å². The van der Waals surface area contributed by atoms with Gasteiger partial charge in [-0.2, -0.15) is 0 Å². The van der Waals surface area contributed by atoms with Crippen LogP contribution in [-0.4, -0.2) is 52.0 Å². The lowest BCUT2D eigenvalue weighted by molar-refractivity contribution is 0.111. The average molecular weight is 300 g/mol. The number of methoxy groups -OCH3 is 2. The van der Waals surface area contributed by atoms with Crippen LogP contribution < -0.4 is 5.32 Å². The molecule has 0 aliphatic carbocycles. The highest BCUT2D eigenvalue weighted by atomic mass is 32.1. The maximum absolute atomic E-state index is 5.17. The molecule has 5 heteroatoms. The Morgan fingerprint density at radius 1 is 1.10 bits per heavy atom. The maximum Gasteiger partial charge on any atom is 0.0589 e. The first-order chi connectivity index (χ1) is 9.80. The average Bonchev–Trinajstić information content (AvgIpc) is 2.89. The summed E-state index contributed by atoms with van der Waals surface area (Å²) in [5, 5.41) is 3.44. The minimum absolute atomic E-state index is 0.764. The number of hydrogen-bond donors (Lipinski definition) is 1. The fraction of sp³-hybridized carbons (Fsp3) is 0.733. The molecule has 0 amide bonds. The number of ether oxygens (including phenoxy) is 2. The molecular weight excluding hydrogens is 272 g/mol. The van der Waals surface area contributed by atoms with Crippen LogP contribution in [0.15, 0.2) is 12.1 Å². The van der Waals surface area contributed by atoms with Gasteiger partial charge in [0.25, 0.3) is 0 Å². The van der Waals surface area contributed by atoms with Crippen LogP contribution in [-0.2, 0) is 22.6 Å². The van der Waals surface area contributed by atoms with Crippen molar-refractivity contribution < 1.29 is 9.47 Å². The lowest BCUT2D eigenvalue weighted by Gasteiger charge is -2.20. The van der Waals surface area contributed by atoms with Crippen molar-refractivity contribution in [1.29, 1.82) is 0 Å². The van der Waals surface area contributed by atoms with Gasteiger partial charge < -0.3 is 14.8 Å². The topological polar surface area (TPSA) is 33.7 Å². The van der Waals surface area contributed by atoms with E-state index in [-0.39, 0.29) is 0 Å². The van der Waals surface area contributed by atoms with E-state index in [0.717, 1.165) is 45.9 Å². The van der Waals surface area contributed by atoms with Crippen molar-refractivity contribution in [3.63, 3.8) is 0 Å². The third-order valence-corrected chi connectivity index (χ3v) is 4.12. The van der Waals surface area contributed by atoms with Gasteiger partial charge in [0.15, 0.2) is 0 Å². The van der Waals surface area contributed by atoms with Crippen molar-refractivity contribution in [2.75, 3.05) is 47.1 Å². The second-order valence-corrected chi connectivity index (χ2v) is 6.06. The zero-order valence-corrected chi connectivity index (χ0v) is 13.8. The Morgan fingerprint density at radius 3 is 2.35 bits per heavy atom. The Morgan fingerprint density at radius 2 is 1.75 bits per heavy atom. The molecule has 0 saturated carbocycles. The summed E-state index contributed by atoms with van der Waals surface area (Å²) in [6.45, 7) is 8.65. The van der Waals surface area contributed by atoms with Gasteiger partial charge in [-0.1, -0.05) is 6.92 Å². The van der Waals surface area contributed by atoms with E-state index in [1.807, 2.05) is 11.3 Å². The monoisotopic (exact) mass is 300 g/mol. The quantitative estimate of drug-likeness (QED) is 0.601. The number of thiophene rings is 1. The zero-order valence-electron chi connectivity index (χ0n) is 13.0. The standard InChI is InChI=1S/C15H28N2O2S/c1-4-7-16-12-14-5-6-15(20-14)13-17(8-10-18-2)9-11-19-3/h5-6,16H,4,7-13H2,1-3H3. The smallest absolute Gasteiger partial charge is 0.0589 e. The summed E-state index contributed by atoms with van der Waals surface area (Å²) in [6, 6.07) is 4.47. The molecular formula is C15H28N2O2S. The Kier molecular flexibility index (Phi) is 9.87. The van der Waals surface area contributed by atoms with Crippen LogP contribution in [0.3, 0.4) is 0 Å². The van der Waals surface area contributed by atoms with Crippen LogP contribution >= 0.6 is 11.3 Å². The Labute approximate surface area is 127 Å². The molecule has 0 aromatic carbocycles.